The van der Waals surface area contributed by atoms with Gasteiger partial charge in [-0.1, -0.05) is 0 Å². The summed E-state index contributed by atoms with van der Waals surface area (Å²) in [4.78, 5) is 10.4. The molecule has 1 rings (SSSR count). The summed E-state index contributed by atoms with van der Waals surface area (Å²) in [6.07, 6.45) is 5.37. The van der Waals surface area contributed by atoms with Crippen LogP contribution in [0.3, 0.4) is 0 Å². The van der Waals surface area contributed by atoms with Crippen molar-refractivity contribution in [2.75, 3.05) is 0 Å². The van der Waals surface area contributed by atoms with E-state index in [2.05, 4.69) is 5.16 Å². The van der Waals surface area contributed by atoms with E-state index in [0.717, 1.165) is 0 Å². The number of nitrogens with zero attached hydrogens (tertiary/aromatic N) is 1. The Labute approximate surface area is 52.0 Å². The molecule has 0 N–H and O–H groups in total. The standard InChI is InChI=1S/C6H4NO2/c8-6-3-1-5(7-9)2-4-6/h1-4H. The molecular formula is C6H4NO2. The predicted octanol–water partition coefficient (Wildman–Crippen LogP) is 0.468. The Morgan fingerprint density at radius 1 is 1.11 bits per heavy atom. The molecule has 0 spiro atoms. The first-order chi connectivity index (χ1) is 4.33. The lowest BCUT2D eigenvalue weighted by Crippen LogP contribution is -1.97. The second kappa shape index (κ2) is 2.26. The Morgan fingerprint density at radius 3 is 2.11 bits per heavy atom. The molecule has 0 fully saturated rings. The minimum atomic E-state index is -0.109. The van der Waals surface area contributed by atoms with E-state index in [1.165, 1.54) is 24.3 Å². The molecule has 0 aromatic heterocycles. The zero-order valence-electron chi connectivity index (χ0n) is 4.57. The molecule has 0 aromatic rings. The molecule has 0 saturated heterocycles. The lowest BCUT2D eigenvalue weighted by Gasteiger charge is -1.91. The molecule has 0 atom stereocenters. The highest BCUT2D eigenvalue weighted by atomic mass is 16.4. The van der Waals surface area contributed by atoms with Gasteiger partial charge in [0.05, 0.1) is 0 Å². The molecule has 1 radical (unpaired) electrons. The Balaban J connectivity index is 2.82. The summed E-state index contributed by atoms with van der Waals surface area (Å²) in [7, 11) is 0. The van der Waals surface area contributed by atoms with Gasteiger partial charge in [0.1, 0.15) is 5.71 Å². The van der Waals surface area contributed by atoms with E-state index >= 15 is 0 Å². The van der Waals surface area contributed by atoms with Gasteiger partial charge in [-0.05, 0) is 29.5 Å². The topological polar surface area (TPSA) is 49.3 Å². The normalized spacial score (nSPS) is 16.4. The van der Waals surface area contributed by atoms with Gasteiger partial charge >= 0.3 is 0 Å². The molecule has 1 aliphatic carbocycles. The van der Waals surface area contributed by atoms with Crippen molar-refractivity contribution in [3.8, 4) is 0 Å². The van der Waals surface area contributed by atoms with E-state index in [9.17, 15) is 10.0 Å². The summed E-state index contributed by atoms with van der Waals surface area (Å²) >= 11 is 0. The zero-order valence-corrected chi connectivity index (χ0v) is 4.57. The zero-order chi connectivity index (χ0) is 6.69. The molecule has 0 saturated carbocycles. The van der Waals surface area contributed by atoms with Crippen LogP contribution in [0.25, 0.3) is 0 Å². The minimum absolute atomic E-state index is 0.109. The molecule has 3 nitrogen and oxygen atoms in total. The Hall–Kier alpha value is -1.38. The summed E-state index contributed by atoms with van der Waals surface area (Å²) in [6, 6.07) is 0. The van der Waals surface area contributed by atoms with Crippen LogP contribution in [0.1, 0.15) is 0 Å². The Kier molecular flexibility index (Phi) is 1.44. The summed E-state index contributed by atoms with van der Waals surface area (Å²) in [6.45, 7) is 0. The van der Waals surface area contributed by atoms with Crippen LogP contribution in [0, 0.1) is 0 Å². The van der Waals surface area contributed by atoms with Gasteiger partial charge in [0.25, 0.3) is 0 Å². The Bertz CT molecular complexity index is 195. The molecular weight excluding hydrogens is 118 g/mol. The van der Waals surface area contributed by atoms with Crippen molar-refractivity contribution >= 4 is 11.5 Å². The molecule has 0 bridgehead atoms. The van der Waals surface area contributed by atoms with Gasteiger partial charge in [-0.3, -0.25) is 4.79 Å². The summed E-state index contributed by atoms with van der Waals surface area (Å²) < 4.78 is 0. The van der Waals surface area contributed by atoms with E-state index in [1.54, 1.807) is 0 Å². The van der Waals surface area contributed by atoms with Crippen molar-refractivity contribution in [1.82, 2.24) is 0 Å². The monoisotopic (exact) mass is 122 g/mol. The maximum atomic E-state index is 10.4. The number of hydrogen-bond acceptors (Lipinski definition) is 2. The first-order valence-electron chi connectivity index (χ1n) is 2.43. The number of allylic oxidation sites excluding steroid dienone is 4. The van der Waals surface area contributed by atoms with E-state index < -0.39 is 0 Å². The molecule has 45 valence electrons. The Morgan fingerprint density at radius 2 is 1.67 bits per heavy atom. The number of ketones is 1. The van der Waals surface area contributed by atoms with Crippen molar-refractivity contribution in [2.24, 2.45) is 5.16 Å². The predicted molar refractivity (Wildman–Crippen MR) is 31.4 cm³/mol. The van der Waals surface area contributed by atoms with Gasteiger partial charge in [-0.25, -0.2) is 0 Å². The lowest BCUT2D eigenvalue weighted by molar-refractivity contribution is -0.110. The van der Waals surface area contributed by atoms with Crippen LogP contribution in [0.5, 0.6) is 0 Å². The van der Waals surface area contributed by atoms with Gasteiger partial charge in [0, 0.05) is 0 Å². The second-order valence-corrected chi connectivity index (χ2v) is 1.59. The summed E-state index contributed by atoms with van der Waals surface area (Å²) in [5.74, 6) is -0.109. The van der Waals surface area contributed by atoms with Gasteiger partial charge in [0.2, 0.25) is 0 Å². The molecule has 3 heteroatoms. The van der Waals surface area contributed by atoms with Gasteiger partial charge in [0.15, 0.2) is 5.78 Å². The molecule has 1 aliphatic rings. The fourth-order valence-corrected chi connectivity index (χ4v) is 0.507. The van der Waals surface area contributed by atoms with Crippen LogP contribution in [0.2, 0.25) is 0 Å². The molecule has 9 heavy (non-hydrogen) atoms. The first-order valence-corrected chi connectivity index (χ1v) is 2.43. The van der Waals surface area contributed by atoms with Crippen molar-refractivity contribution in [3.63, 3.8) is 0 Å². The highest BCUT2D eigenvalue weighted by Crippen LogP contribution is 1.93. The van der Waals surface area contributed by atoms with E-state index in [-0.39, 0.29) is 11.5 Å². The maximum absolute atomic E-state index is 10.4. The van der Waals surface area contributed by atoms with Gasteiger partial charge in [-0.15, -0.1) is 5.21 Å². The smallest absolute Gasteiger partial charge is 0.178 e. The third-order valence-corrected chi connectivity index (χ3v) is 0.942. The number of carbonyl (C=O) groups excluding carboxylic acids is 1. The highest BCUT2D eigenvalue weighted by molar-refractivity contribution is 6.16. The van der Waals surface area contributed by atoms with E-state index in [1.807, 2.05) is 0 Å². The van der Waals surface area contributed by atoms with Gasteiger partial charge in [-0.2, -0.15) is 0 Å². The summed E-state index contributed by atoms with van der Waals surface area (Å²) in [5.41, 5.74) is 0.287. The fraction of sp³-hybridized carbons (Fsp3) is 0. The molecule has 0 amide bonds. The average Bonchev–Trinajstić information content (AvgIpc) is 1.90. The van der Waals surface area contributed by atoms with Crippen LogP contribution < -0.4 is 0 Å². The van der Waals surface area contributed by atoms with Crippen LogP contribution in [0.15, 0.2) is 29.5 Å². The third kappa shape index (κ3) is 1.25. The van der Waals surface area contributed by atoms with Crippen LogP contribution in [-0.2, 0) is 10.0 Å². The number of carbonyl (C=O) groups is 1. The quantitative estimate of drug-likeness (QED) is 0.340. The number of hydrogen-bond donors (Lipinski definition) is 0. The highest BCUT2D eigenvalue weighted by Gasteiger charge is 1.98. The molecule has 0 aliphatic heterocycles. The van der Waals surface area contributed by atoms with E-state index in [4.69, 9.17) is 0 Å². The number of rotatable bonds is 0. The average molecular weight is 122 g/mol. The van der Waals surface area contributed by atoms with E-state index in [0.29, 0.717) is 0 Å². The van der Waals surface area contributed by atoms with Crippen molar-refractivity contribution in [1.29, 1.82) is 0 Å². The van der Waals surface area contributed by atoms with Crippen molar-refractivity contribution in [2.45, 2.75) is 0 Å². The first kappa shape index (κ1) is 5.75. The molecule has 0 aromatic carbocycles. The fourth-order valence-electron chi connectivity index (χ4n) is 0.507. The maximum Gasteiger partial charge on any atom is 0.178 e. The lowest BCUT2D eigenvalue weighted by atomic mass is 10.2. The largest absolute Gasteiger partial charge is 0.290 e. The third-order valence-electron chi connectivity index (χ3n) is 0.942. The van der Waals surface area contributed by atoms with Crippen molar-refractivity contribution in [3.05, 3.63) is 24.3 Å². The minimum Gasteiger partial charge on any atom is -0.290 e. The van der Waals surface area contributed by atoms with Crippen LogP contribution in [0.4, 0.5) is 0 Å². The second-order valence-electron chi connectivity index (χ2n) is 1.59. The molecule has 0 unspecified atom stereocenters. The SMILES string of the molecule is [O]N=C1C=CC(=O)C=C1. The van der Waals surface area contributed by atoms with Crippen LogP contribution >= 0.6 is 0 Å². The van der Waals surface area contributed by atoms with Gasteiger partial charge < -0.3 is 0 Å². The van der Waals surface area contributed by atoms with Crippen molar-refractivity contribution < 1.29 is 10.0 Å². The summed E-state index contributed by atoms with van der Waals surface area (Å²) in [5, 5.41) is 12.4. The molecule has 0 heterocycles. The van der Waals surface area contributed by atoms with Crippen LogP contribution in [-0.4, -0.2) is 11.5 Å².